The molecule has 0 N–H and O–H groups in total. The molecule has 2 aromatic heterocycles. The molecule has 0 saturated carbocycles. The molecule has 0 atom stereocenters. The van der Waals surface area contributed by atoms with Crippen LogP contribution in [0, 0.1) is 13.8 Å². The fourth-order valence-electron chi connectivity index (χ4n) is 3.23. The highest BCUT2D eigenvalue weighted by Crippen LogP contribution is 2.27. The summed E-state index contributed by atoms with van der Waals surface area (Å²) in [5, 5.41) is 12.3. The molecule has 0 aliphatic carbocycles. The highest BCUT2D eigenvalue weighted by Gasteiger charge is 2.24. The lowest BCUT2D eigenvalue weighted by molar-refractivity contribution is -0.114. The number of carbonyl (C=O) groups excluding carboxylic acids is 1. The quantitative estimate of drug-likeness (QED) is 0.626. The van der Waals surface area contributed by atoms with Gasteiger partial charge in [-0.3, -0.25) is 9.48 Å². The lowest BCUT2D eigenvalue weighted by Crippen LogP contribution is -2.29. The Morgan fingerprint density at radius 1 is 1.32 bits per heavy atom. The minimum atomic E-state index is -0.190. The summed E-state index contributed by atoms with van der Waals surface area (Å²) in [7, 11) is 0. The van der Waals surface area contributed by atoms with Crippen molar-refractivity contribution < 1.29 is 9.21 Å². The molecule has 3 aromatic rings. The van der Waals surface area contributed by atoms with E-state index < -0.39 is 0 Å². The molecule has 0 unspecified atom stereocenters. The molecule has 0 bridgehead atoms. The maximum Gasteiger partial charge on any atom is 0.250 e. The second kappa shape index (κ2) is 7.42. The van der Waals surface area contributed by atoms with Gasteiger partial charge in [-0.15, -0.1) is 10.2 Å². The van der Waals surface area contributed by atoms with Crippen molar-refractivity contribution in [2.75, 3.05) is 4.90 Å². The fourth-order valence-corrected chi connectivity index (χ4v) is 3.23. The molecule has 7 nitrogen and oxygen atoms in total. The molecule has 28 heavy (non-hydrogen) atoms. The van der Waals surface area contributed by atoms with Crippen LogP contribution in [0.3, 0.4) is 0 Å². The molecular formula is C21H25N5O2. The lowest BCUT2D eigenvalue weighted by Gasteiger charge is -2.24. The van der Waals surface area contributed by atoms with E-state index >= 15 is 0 Å². The Bertz CT molecular complexity index is 996. The second-order valence-corrected chi connectivity index (χ2v) is 7.65. The molecular weight excluding hydrogens is 354 g/mol. The number of nitrogens with zero attached hydrogens (tertiary/aromatic N) is 5. The molecule has 7 heteroatoms. The van der Waals surface area contributed by atoms with Gasteiger partial charge < -0.3 is 9.32 Å². The molecule has 2 heterocycles. The van der Waals surface area contributed by atoms with E-state index in [-0.39, 0.29) is 11.4 Å². The van der Waals surface area contributed by atoms with Gasteiger partial charge in [0.15, 0.2) is 0 Å². The lowest BCUT2D eigenvalue weighted by atomic mass is 10.1. The Labute approximate surface area is 164 Å². The van der Waals surface area contributed by atoms with Crippen molar-refractivity contribution in [1.82, 2.24) is 20.0 Å². The van der Waals surface area contributed by atoms with E-state index in [9.17, 15) is 4.79 Å². The number of anilines is 1. The normalized spacial score (nSPS) is 11.5. The summed E-state index contributed by atoms with van der Waals surface area (Å²) < 4.78 is 7.28. The van der Waals surface area contributed by atoms with Gasteiger partial charge in [0.25, 0.3) is 5.91 Å². The van der Waals surface area contributed by atoms with E-state index in [2.05, 4.69) is 37.5 Å². The van der Waals surface area contributed by atoms with Crippen molar-refractivity contribution in [1.29, 1.82) is 0 Å². The van der Waals surface area contributed by atoms with Crippen molar-refractivity contribution in [3.05, 3.63) is 60.3 Å². The number of rotatable bonds is 5. The number of amides is 1. The molecule has 1 aromatic carbocycles. The highest BCUT2D eigenvalue weighted by molar-refractivity contribution is 6.01. The second-order valence-electron chi connectivity index (χ2n) is 7.65. The Hall–Kier alpha value is -3.22. The third-order valence-corrected chi connectivity index (χ3v) is 4.60. The number of aromatic nitrogens is 4. The van der Waals surface area contributed by atoms with Crippen LogP contribution in [0.4, 0.5) is 5.69 Å². The Kier molecular flexibility index (Phi) is 5.18. The van der Waals surface area contributed by atoms with Crippen LogP contribution in [0.5, 0.6) is 0 Å². The van der Waals surface area contributed by atoms with Gasteiger partial charge in [0.2, 0.25) is 12.3 Å². The first-order valence-electron chi connectivity index (χ1n) is 9.08. The smallest absolute Gasteiger partial charge is 0.250 e. The monoisotopic (exact) mass is 379 g/mol. The number of benzene rings is 1. The average molecular weight is 379 g/mol. The van der Waals surface area contributed by atoms with Gasteiger partial charge in [0.05, 0.1) is 17.8 Å². The summed E-state index contributed by atoms with van der Waals surface area (Å²) in [6.07, 6.45) is 2.60. The van der Waals surface area contributed by atoms with Crippen molar-refractivity contribution in [3.63, 3.8) is 0 Å². The molecule has 0 saturated heterocycles. The summed E-state index contributed by atoms with van der Waals surface area (Å²) in [5.74, 6) is 0.214. The van der Waals surface area contributed by atoms with Crippen LogP contribution < -0.4 is 4.90 Å². The zero-order chi connectivity index (χ0) is 20.5. The van der Waals surface area contributed by atoms with Crippen LogP contribution >= 0.6 is 0 Å². The van der Waals surface area contributed by atoms with Gasteiger partial charge in [-0.25, -0.2) is 0 Å². The number of carbonyl (C=O) groups is 1. The third kappa shape index (κ3) is 3.74. The van der Waals surface area contributed by atoms with Crippen molar-refractivity contribution >= 4 is 11.6 Å². The summed E-state index contributed by atoms with van der Waals surface area (Å²) >= 11 is 0. The van der Waals surface area contributed by atoms with E-state index in [0.717, 1.165) is 28.2 Å². The molecule has 1 amide bonds. The van der Waals surface area contributed by atoms with Crippen molar-refractivity contribution in [3.8, 4) is 11.5 Å². The predicted molar refractivity (Wildman–Crippen MR) is 108 cm³/mol. The minimum absolute atomic E-state index is 0.141. The SMILES string of the molecule is C=CC(=O)N(Cc1c(C)nn(C(C)(C)C)c1C)c1cccc(-c2nnco2)c1. The van der Waals surface area contributed by atoms with Gasteiger partial charge in [0, 0.05) is 22.5 Å². The van der Waals surface area contributed by atoms with Crippen LogP contribution in [-0.2, 0) is 16.9 Å². The molecule has 0 aliphatic heterocycles. The van der Waals surface area contributed by atoms with Gasteiger partial charge in [-0.2, -0.15) is 5.10 Å². The maximum atomic E-state index is 12.7. The van der Waals surface area contributed by atoms with Crippen LogP contribution in [0.15, 0.2) is 47.7 Å². The molecule has 0 aliphatic rings. The Balaban J connectivity index is 2.02. The van der Waals surface area contributed by atoms with Crippen LogP contribution in [0.2, 0.25) is 0 Å². The van der Waals surface area contributed by atoms with Crippen molar-refractivity contribution in [2.45, 2.75) is 46.7 Å². The van der Waals surface area contributed by atoms with Gasteiger partial charge >= 0.3 is 0 Å². The van der Waals surface area contributed by atoms with Crippen LogP contribution in [-0.4, -0.2) is 25.9 Å². The predicted octanol–water partition coefficient (Wildman–Crippen LogP) is 4.02. The molecule has 0 fully saturated rings. The topological polar surface area (TPSA) is 77.1 Å². The zero-order valence-electron chi connectivity index (χ0n) is 16.9. The summed E-state index contributed by atoms with van der Waals surface area (Å²) in [5.41, 5.74) is 4.30. The summed E-state index contributed by atoms with van der Waals surface area (Å²) in [6.45, 7) is 14.4. The maximum absolute atomic E-state index is 12.7. The number of aryl methyl sites for hydroxylation is 1. The van der Waals surface area contributed by atoms with Gasteiger partial charge in [0.1, 0.15) is 0 Å². The molecule has 146 valence electrons. The largest absolute Gasteiger partial charge is 0.423 e. The number of hydrogen-bond acceptors (Lipinski definition) is 5. The Morgan fingerprint density at radius 3 is 2.64 bits per heavy atom. The molecule has 0 spiro atoms. The molecule has 3 rings (SSSR count). The van der Waals surface area contributed by atoms with Gasteiger partial charge in [-0.05, 0) is 58.9 Å². The summed E-state index contributed by atoms with van der Waals surface area (Å²) in [6, 6.07) is 7.45. The van der Waals surface area contributed by atoms with Crippen LogP contribution in [0.1, 0.15) is 37.7 Å². The van der Waals surface area contributed by atoms with E-state index in [1.165, 1.54) is 12.5 Å². The van der Waals surface area contributed by atoms with Crippen molar-refractivity contribution in [2.24, 2.45) is 0 Å². The highest BCUT2D eigenvalue weighted by atomic mass is 16.4. The Morgan fingerprint density at radius 2 is 2.07 bits per heavy atom. The van der Waals surface area contributed by atoms with Crippen LogP contribution in [0.25, 0.3) is 11.5 Å². The van der Waals surface area contributed by atoms with E-state index in [1.807, 2.05) is 42.8 Å². The minimum Gasteiger partial charge on any atom is -0.423 e. The first-order valence-corrected chi connectivity index (χ1v) is 9.08. The standard InChI is InChI=1S/C21H25N5O2/c1-7-19(27)25(12-18-14(2)24-26(15(18)3)21(4,5)6)17-10-8-9-16(11-17)20-23-22-13-28-20/h7-11,13H,1,12H2,2-6H3. The van der Waals surface area contributed by atoms with E-state index in [4.69, 9.17) is 9.52 Å². The van der Waals surface area contributed by atoms with E-state index in [0.29, 0.717) is 12.4 Å². The summed E-state index contributed by atoms with van der Waals surface area (Å²) in [4.78, 5) is 14.3. The molecule has 0 radical (unpaired) electrons. The average Bonchev–Trinajstić information content (AvgIpc) is 3.28. The van der Waals surface area contributed by atoms with E-state index in [1.54, 1.807) is 4.90 Å². The third-order valence-electron chi connectivity index (χ3n) is 4.60. The number of hydrogen-bond donors (Lipinski definition) is 0. The first-order chi connectivity index (χ1) is 13.2. The zero-order valence-corrected chi connectivity index (χ0v) is 16.9. The fraction of sp³-hybridized carbons (Fsp3) is 0.333. The van der Waals surface area contributed by atoms with Gasteiger partial charge in [-0.1, -0.05) is 12.6 Å². The first kappa shape index (κ1) is 19.5.